The standard InChI is InChI=1S/C19H18FN5O2/c1-24-18(26)10-16(15-5-6-21-12-22-15)23-19(24)25-7-8-27-17(11-25)13-3-2-4-14(20)9-13/h2-6,9-10,12,17H,7-8,11H2,1H3. The molecule has 27 heavy (non-hydrogen) atoms. The Labute approximate surface area is 155 Å². The average Bonchev–Trinajstić information content (AvgIpc) is 2.71. The second-order valence-corrected chi connectivity index (χ2v) is 6.29. The molecule has 1 atom stereocenters. The minimum absolute atomic E-state index is 0.178. The van der Waals surface area contributed by atoms with Crippen LogP contribution in [0.1, 0.15) is 11.7 Å². The van der Waals surface area contributed by atoms with Crippen LogP contribution in [0.3, 0.4) is 0 Å². The molecule has 0 saturated carbocycles. The molecule has 2 aromatic heterocycles. The third kappa shape index (κ3) is 3.56. The first kappa shape index (κ1) is 17.3. The van der Waals surface area contributed by atoms with Crippen molar-refractivity contribution < 1.29 is 9.13 Å². The first-order valence-electron chi connectivity index (χ1n) is 8.58. The highest BCUT2D eigenvalue weighted by Crippen LogP contribution is 2.26. The summed E-state index contributed by atoms with van der Waals surface area (Å²) in [6, 6.07) is 9.53. The first-order valence-corrected chi connectivity index (χ1v) is 8.58. The highest BCUT2D eigenvalue weighted by atomic mass is 19.1. The molecule has 1 aromatic carbocycles. The molecule has 0 N–H and O–H groups in total. The van der Waals surface area contributed by atoms with Crippen LogP contribution in [0.5, 0.6) is 0 Å². The molecule has 1 fully saturated rings. The second-order valence-electron chi connectivity index (χ2n) is 6.29. The summed E-state index contributed by atoms with van der Waals surface area (Å²) in [5.41, 5.74) is 1.65. The zero-order chi connectivity index (χ0) is 18.8. The van der Waals surface area contributed by atoms with E-state index in [0.717, 1.165) is 5.56 Å². The number of halogens is 1. The van der Waals surface area contributed by atoms with Crippen molar-refractivity contribution in [3.63, 3.8) is 0 Å². The first-order chi connectivity index (χ1) is 13.1. The van der Waals surface area contributed by atoms with Crippen molar-refractivity contribution >= 4 is 5.95 Å². The van der Waals surface area contributed by atoms with Crippen LogP contribution in [-0.4, -0.2) is 39.2 Å². The Bertz CT molecular complexity index is 1010. The van der Waals surface area contributed by atoms with Crippen LogP contribution < -0.4 is 10.5 Å². The van der Waals surface area contributed by atoms with Gasteiger partial charge < -0.3 is 9.64 Å². The molecule has 1 unspecified atom stereocenters. The highest BCUT2D eigenvalue weighted by molar-refractivity contribution is 5.55. The molecule has 3 aromatic rings. The number of benzene rings is 1. The van der Waals surface area contributed by atoms with E-state index in [1.165, 1.54) is 29.1 Å². The summed E-state index contributed by atoms with van der Waals surface area (Å²) in [6.45, 7) is 1.51. The number of nitrogens with zero attached hydrogens (tertiary/aromatic N) is 5. The molecule has 0 amide bonds. The van der Waals surface area contributed by atoms with Gasteiger partial charge in [0.1, 0.15) is 18.2 Å². The fourth-order valence-electron chi connectivity index (χ4n) is 3.12. The lowest BCUT2D eigenvalue weighted by Crippen LogP contribution is -2.41. The Morgan fingerprint density at radius 1 is 1.22 bits per heavy atom. The molecule has 138 valence electrons. The lowest BCUT2D eigenvalue weighted by molar-refractivity contribution is 0.0388. The van der Waals surface area contributed by atoms with E-state index in [1.54, 1.807) is 25.4 Å². The van der Waals surface area contributed by atoms with Gasteiger partial charge in [-0.1, -0.05) is 12.1 Å². The smallest absolute Gasteiger partial charge is 0.255 e. The van der Waals surface area contributed by atoms with E-state index in [-0.39, 0.29) is 17.5 Å². The Morgan fingerprint density at radius 2 is 2.11 bits per heavy atom. The summed E-state index contributed by atoms with van der Waals surface area (Å²) in [5.74, 6) is 0.227. The third-order valence-electron chi connectivity index (χ3n) is 4.53. The van der Waals surface area contributed by atoms with Crippen molar-refractivity contribution in [1.29, 1.82) is 0 Å². The third-order valence-corrected chi connectivity index (χ3v) is 4.53. The van der Waals surface area contributed by atoms with Crippen molar-refractivity contribution in [2.75, 3.05) is 24.6 Å². The summed E-state index contributed by atoms with van der Waals surface area (Å²) >= 11 is 0. The van der Waals surface area contributed by atoms with Gasteiger partial charge in [-0.25, -0.2) is 19.3 Å². The number of hydrogen-bond acceptors (Lipinski definition) is 6. The van der Waals surface area contributed by atoms with E-state index in [9.17, 15) is 9.18 Å². The summed E-state index contributed by atoms with van der Waals surface area (Å²) in [7, 11) is 1.68. The fraction of sp³-hybridized carbons (Fsp3) is 0.263. The zero-order valence-electron chi connectivity index (χ0n) is 14.7. The maximum absolute atomic E-state index is 13.6. The van der Waals surface area contributed by atoms with E-state index >= 15 is 0 Å². The molecule has 1 aliphatic rings. The fourth-order valence-corrected chi connectivity index (χ4v) is 3.12. The molecule has 3 heterocycles. The van der Waals surface area contributed by atoms with E-state index in [4.69, 9.17) is 4.74 Å². The van der Waals surface area contributed by atoms with Crippen LogP contribution >= 0.6 is 0 Å². The summed E-state index contributed by atoms with van der Waals surface area (Å²) in [6.07, 6.45) is 2.73. The minimum Gasteiger partial charge on any atom is -0.370 e. The van der Waals surface area contributed by atoms with Crippen molar-refractivity contribution in [2.24, 2.45) is 7.05 Å². The van der Waals surface area contributed by atoms with Crippen LogP contribution in [0.25, 0.3) is 11.4 Å². The van der Waals surface area contributed by atoms with Gasteiger partial charge >= 0.3 is 0 Å². The second kappa shape index (κ2) is 7.24. The summed E-state index contributed by atoms with van der Waals surface area (Å²) in [4.78, 5) is 27.1. The molecule has 0 spiro atoms. The normalized spacial score (nSPS) is 17.1. The maximum atomic E-state index is 13.6. The molecule has 0 radical (unpaired) electrons. The number of hydrogen-bond donors (Lipinski definition) is 0. The molecule has 1 aliphatic heterocycles. The average molecular weight is 367 g/mol. The molecule has 8 heteroatoms. The van der Waals surface area contributed by atoms with Gasteiger partial charge in [0.2, 0.25) is 5.95 Å². The minimum atomic E-state index is -0.301. The molecule has 4 rings (SSSR count). The Hall–Kier alpha value is -3.13. The summed E-state index contributed by atoms with van der Waals surface area (Å²) < 4.78 is 20.9. The molecule has 0 aliphatic carbocycles. The van der Waals surface area contributed by atoms with Crippen LogP contribution in [0.15, 0.2) is 53.7 Å². The lowest BCUT2D eigenvalue weighted by atomic mass is 10.1. The molecule has 1 saturated heterocycles. The number of anilines is 1. The number of ether oxygens (including phenoxy) is 1. The SMILES string of the molecule is Cn1c(N2CCOC(c3cccc(F)c3)C2)nc(-c2ccncn2)cc1=O. The van der Waals surface area contributed by atoms with Gasteiger partial charge in [0, 0.05) is 25.9 Å². The van der Waals surface area contributed by atoms with Gasteiger partial charge in [-0.15, -0.1) is 0 Å². The van der Waals surface area contributed by atoms with E-state index in [0.29, 0.717) is 37.0 Å². The van der Waals surface area contributed by atoms with Gasteiger partial charge in [0.25, 0.3) is 5.56 Å². The zero-order valence-corrected chi connectivity index (χ0v) is 14.7. The van der Waals surface area contributed by atoms with Crippen LogP contribution in [-0.2, 0) is 11.8 Å². The van der Waals surface area contributed by atoms with Gasteiger partial charge in [0.15, 0.2) is 0 Å². The van der Waals surface area contributed by atoms with Gasteiger partial charge in [-0.2, -0.15) is 0 Å². The predicted octanol–water partition coefficient (Wildman–Crippen LogP) is 1.95. The Kier molecular flexibility index (Phi) is 4.64. The maximum Gasteiger partial charge on any atom is 0.255 e. The number of aromatic nitrogens is 4. The van der Waals surface area contributed by atoms with Gasteiger partial charge in [-0.05, 0) is 23.8 Å². The van der Waals surface area contributed by atoms with E-state index in [2.05, 4.69) is 15.0 Å². The lowest BCUT2D eigenvalue weighted by Gasteiger charge is -2.34. The van der Waals surface area contributed by atoms with Crippen molar-refractivity contribution in [3.8, 4) is 11.4 Å². The van der Waals surface area contributed by atoms with Gasteiger partial charge in [-0.3, -0.25) is 9.36 Å². The predicted molar refractivity (Wildman–Crippen MR) is 97.8 cm³/mol. The Balaban J connectivity index is 1.68. The molecule has 0 bridgehead atoms. The quantitative estimate of drug-likeness (QED) is 0.705. The number of morpholine rings is 1. The topological polar surface area (TPSA) is 73.1 Å². The van der Waals surface area contributed by atoms with Crippen LogP contribution in [0, 0.1) is 5.82 Å². The number of rotatable bonds is 3. The molecular formula is C19H18FN5O2. The summed E-state index contributed by atoms with van der Waals surface area (Å²) in [5, 5.41) is 0. The largest absolute Gasteiger partial charge is 0.370 e. The van der Waals surface area contributed by atoms with Crippen LogP contribution in [0.2, 0.25) is 0 Å². The van der Waals surface area contributed by atoms with E-state index in [1.807, 2.05) is 11.0 Å². The van der Waals surface area contributed by atoms with Crippen LogP contribution in [0.4, 0.5) is 10.3 Å². The van der Waals surface area contributed by atoms with Crippen molar-refractivity contribution in [2.45, 2.75) is 6.10 Å². The Morgan fingerprint density at radius 3 is 2.89 bits per heavy atom. The molecular weight excluding hydrogens is 349 g/mol. The monoisotopic (exact) mass is 367 g/mol. The van der Waals surface area contributed by atoms with Gasteiger partial charge in [0.05, 0.1) is 24.5 Å². The van der Waals surface area contributed by atoms with Crippen molar-refractivity contribution in [1.82, 2.24) is 19.5 Å². The molecule has 7 nitrogen and oxygen atoms in total. The van der Waals surface area contributed by atoms with Crippen molar-refractivity contribution in [3.05, 3.63) is 70.7 Å². The highest BCUT2D eigenvalue weighted by Gasteiger charge is 2.25. The van der Waals surface area contributed by atoms with E-state index < -0.39 is 0 Å².